The molecule has 24 heavy (non-hydrogen) atoms. The van der Waals surface area contributed by atoms with Crippen LogP contribution in [0.4, 0.5) is 0 Å². The van der Waals surface area contributed by atoms with E-state index in [1.165, 1.54) is 15.3 Å². The van der Waals surface area contributed by atoms with Gasteiger partial charge in [0.1, 0.15) is 22.0 Å². The SMILES string of the molecule is Cc1sc2ncnc(Sc3nnc(Cc4cccs4)n3C)c2c1C. The third-order valence-corrected chi connectivity index (χ3v) is 6.99. The van der Waals surface area contributed by atoms with Crippen LogP contribution in [0.15, 0.2) is 34.0 Å². The lowest BCUT2D eigenvalue weighted by Gasteiger charge is -2.04. The van der Waals surface area contributed by atoms with Crippen LogP contribution < -0.4 is 0 Å². The fourth-order valence-electron chi connectivity index (χ4n) is 2.47. The molecular weight excluding hydrogens is 358 g/mol. The summed E-state index contributed by atoms with van der Waals surface area (Å²) in [5.41, 5.74) is 1.25. The summed E-state index contributed by atoms with van der Waals surface area (Å²) in [5.74, 6) is 0.962. The fraction of sp³-hybridized carbons (Fsp3) is 0.250. The molecule has 0 spiro atoms. The zero-order valence-corrected chi connectivity index (χ0v) is 15.9. The molecule has 4 heterocycles. The Hall–Kier alpha value is -1.77. The van der Waals surface area contributed by atoms with Gasteiger partial charge in [0, 0.05) is 28.6 Å². The highest BCUT2D eigenvalue weighted by molar-refractivity contribution is 7.99. The van der Waals surface area contributed by atoms with Crippen LogP contribution in [0.2, 0.25) is 0 Å². The summed E-state index contributed by atoms with van der Waals surface area (Å²) < 4.78 is 2.05. The number of rotatable bonds is 4. The first-order valence-electron chi connectivity index (χ1n) is 7.42. The largest absolute Gasteiger partial charge is 0.309 e. The van der Waals surface area contributed by atoms with Crippen molar-refractivity contribution in [2.75, 3.05) is 0 Å². The Balaban J connectivity index is 1.68. The van der Waals surface area contributed by atoms with Crippen LogP contribution in [0.5, 0.6) is 0 Å². The third kappa shape index (κ3) is 2.74. The molecule has 0 amide bonds. The van der Waals surface area contributed by atoms with Gasteiger partial charge < -0.3 is 4.57 Å². The molecule has 0 unspecified atom stereocenters. The van der Waals surface area contributed by atoms with E-state index in [1.54, 1.807) is 40.8 Å². The number of hydrogen-bond acceptors (Lipinski definition) is 7. The molecule has 0 aliphatic carbocycles. The first kappa shape index (κ1) is 15.7. The van der Waals surface area contributed by atoms with Gasteiger partial charge in [0.25, 0.3) is 0 Å². The lowest BCUT2D eigenvalue weighted by atomic mass is 10.2. The van der Waals surface area contributed by atoms with E-state index in [0.29, 0.717) is 0 Å². The van der Waals surface area contributed by atoms with Crippen molar-refractivity contribution in [3.63, 3.8) is 0 Å². The topological polar surface area (TPSA) is 56.5 Å². The van der Waals surface area contributed by atoms with Gasteiger partial charge in [-0.3, -0.25) is 0 Å². The quantitative estimate of drug-likeness (QED) is 0.501. The van der Waals surface area contributed by atoms with E-state index in [4.69, 9.17) is 0 Å². The highest BCUT2D eigenvalue weighted by Gasteiger charge is 2.17. The van der Waals surface area contributed by atoms with E-state index >= 15 is 0 Å². The second-order valence-electron chi connectivity index (χ2n) is 5.46. The molecule has 0 atom stereocenters. The average Bonchev–Trinajstić information content (AvgIpc) is 3.26. The lowest BCUT2D eigenvalue weighted by Crippen LogP contribution is -1.99. The first-order valence-corrected chi connectivity index (χ1v) is 9.94. The van der Waals surface area contributed by atoms with Crippen molar-refractivity contribution in [1.29, 1.82) is 0 Å². The molecular formula is C16H15N5S3. The number of thiophene rings is 2. The standard InChI is InChI=1S/C16H15N5S3/c1-9-10(2)23-14-13(9)15(18-8-17-14)24-16-20-19-12(21(16)3)7-11-5-4-6-22-11/h4-6,8H,7H2,1-3H3. The zero-order valence-electron chi connectivity index (χ0n) is 13.5. The van der Waals surface area contributed by atoms with Crippen LogP contribution in [-0.2, 0) is 13.5 Å². The minimum Gasteiger partial charge on any atom is -0.309 e. The highest BCUT2D eigenvalue weighted by atomic mass is 32.2. The van der Waals surface area contributed by atoms with Gasteiger partial charge in [0.15, 0.2) is 5.16 Å². The summed E-state index contributed by atoms with van der Waals surface area (Å²) >= 11 is 5.00. The molecule has 4 aromatic rings. The Morgan fingerprint density at radius 2 is 2.08 bits per heavy atom. The molecule has 5 nitrogen and oxygen atoms in total. The molecule has 0 bridgehead atoms. The number of fused-ring (bicyclic) bond motifs is 1. The Bertz CT molecular complexity index is 1000. The van der Waals surface area contributed by atoms with E-state index < -0.39 is 0 Å². The maximum atomic E-state index is 4.48. The molecule has 0 aliphatic rings. The predicted molar refractivity (Wildman–Crippen MR) is 99.1 cm³/mol. The van der Waals surface area contributed by atoms with Crippen molar-refractivity contribution in [3.05, 3.63) is 45.0 Å². The number of aromatic nitrogens is 5. The van der Waals surface area contributed by atoms with Crippen LogP contribution in [0, 0.1) is 13.8 Å². The van der Waals surface area contributed by atoms with Crippen molar-refractivity contribution >= 4 is 44.7 Å². The van der Waals surface area contributed by atoms with Crippen LogP contribution in [0.1, 0.15) is 21.1 Å². The van der Waals surface area contributed by atoms with Crippen molar-refractivity contribution in [3.8, 4) is 0 Å². The molecule has 0 radical (unpaired) electrons. The average molecular weight is 374 g/mol. The maximum absolute atomic E-state index is 4.48. The van der Waals surface area contributed by atoms with Gasteiger partial charge in [-0.05, 0) is 42.6 Å². The van der Waals surface area contributed by atoms with Crippen molar-refractivity contribution in [2.24, 2.45) is 7.05 Å². The Kier molecular flexibility index (Phi) is 4.11. The zero-order chi connectivity index (χ0) is 16.7. The summed E-state index contributed by atoms with van der Waals surface area (Å²) in [7, 11) is 2.01. The molecule has 0 saturated heterocycles. The number of aryl methyl sites for hydroxylation is 2. The Morgan fingerprint density at radius 1 is 1.21 bits per heavy atom. The van der Waals surface area contributed by atoms with Crippen molar-refractivity contribution in [1.82, 2.24) is 24.7 Å². The van der Waals surface area contributed by atoms with Gasteiger partial charge in [-0.25, -0.2) is 9.97 Å². The Labute approximate surface area is 151 Å². The molecule has 122 valence electrons. The molecule has 4 rings (SSSR count). The molecule has 0 aliphatic heterocycles. The summed E-state index contributed by atoms with van der Waals surface area (Å²) in [4.78, 5) is 12.5. The molecule has 8 heteroatoms. The molecule has 0 aromatic carbocycles. The monoisotopic (exact) mass is 373 g/mol. The smallest absolute Gasteiger partial charge is 0.197 e. The minimum absolute atomic E-state index is 0.803. The van der Waals surface area contributed by atoms with Crippen LogP contribution in [0.3, 0.4) is 0 Å². The van der Waals surface area contributed by atoms with E-state index in [2.05, 4.69) is 51.5 Å². The minimum atomic E-state index is 0.803. The van der Waals surface area contributed by atoms with Crippen LogP contribution in [-0.4, -0.2) is 24.7 Å². The number of nitrogens with zero attached hydrogens (tertiary/aromatic N) is 5. The van der Waals surface area contributed by atoms with Gasteiger partial charge in [-0.2, -0.15) is 0 Å². The van der Waals surface area contributed by atoms with Gasteiger partial charge in [-0.15, -0.1) is 32.9 Å². The van der Waals surface area contributed by atoms with Crippen molar-refractivity contribution < 1.29 is 0 Å². The molecule has 0 fully saturated rings. The van der Waals surface area contributed by atoms with E-state index in [0.717, 1.165) is 32.6 Å². The highest BCUT2D eigenvalue weighted by Crippen LogP contribution is 2.36. The van der Waals surface area contributed by atoms with Crippen LogP contribution >= 0.6 is 34.4 Å². The summed E-state index contributed by atoms with van der Waals surface area (Å²) in [5, 5.41) is 13.7. The summed E-state index contributed by atoms with van der Waals surface area (Å²) in [6.45, 7) is 4.25. The second-order valence-corrected chi connectivity index (χ2v) is 8.65. The van der Waals surface area contributed by atoms with E-state index in [-0.39, 0.29) is 0 Å². The fourth-order valence-corrected chi connectivity index (χ4v) is 5.18. The molecule has 0 saturated carbocycles. The molecule has 4 aromatic heterocycles. The van der Waals surface area contributed by atoms with Gasteiger partial charge in [-0.1, -0.05) is 6.07 Å². The predicted octanol–water partition coefficient (Wildman–Crippen LogP) is 4.24. The number of hydrogen-bond donors (Lipinski definition) is 0. The van der Waals surface area contributed by atoms with Crippen LogP contribution in [0.25, 0.3) is 10.2 Å². The van der Waals surface area contributed by atoms with Gasteiger partial charge >= 0.3 is 0 Å². The van der Waals surface area contributed by atoms with E-state index in [9.17, 15) is 0 Å². The first-order chi connectivity index (χ1) is 11.6. The lowest BCUT2D eigenvalue weighted by molar-refractivity contribution is 0.750. The van der Waals surface area contributed by atoms with Gasteiger partial charge in [0.05, 0.1) is 0 Å². The normalized spacial score (nSPS) is 11.5. The third-order valence-electron chi connectivity index (χ3n) is 3.96. The maximum Gasteiger partial charge on any atom is 0.197 e. The van der Waals surface area contributed by atoms with E-state index in [1.807, 2.05) is 11.6 Å². The summed E-state index contributed by atoms with van der Waals surface area (Å²) in [6, 6.07) is 4.18. The van der Waals surface area contributed by atoms with Gasteiger partial charge in [0.2, 0.25) is 0 Å². The summed E-state index contributed by atoms with van der Waals surface area (Å²) in [6.07, 6.45) is 2.43. The second kappa shape index (κ2) is 6.27. The molecule has 0 N–H and O–H groups in total. The van der Waals surface area contributed by atoms with Crippen molar-refractivity contribution in [2.45, 2.75) is 30.5 Å². The Morgan fingerprint density at radius 3 is 2.88 bits per heavy atom.